The summed E-state index contributed by atoms with van der Waals surface area (Å²) in [6, 6.07) is 3.57. The number of nitrogens with zero attached hydrogens (tertiary/aromatic N) is 1. The van der Waals surface area contributed by atoms with Crippen LogP contribution in [0.1, 0.15) is 30.1 Å². The van der Waals surface area contributed by atoms with Gasteiger partial charge in [0.2, 0.25) is 0 Å². The van der Waals surface area contributed by atoms with Gasteiger partial charge in [-0.15, -0.1) is 0 Å². The van der Waals surface area contributed by atoms with Crippen molar-refractivity contribution < 1.29 is 19.2 Å². The van der Waals surface area contributed by atoms with Crippen LogP contribution in [-0.4, -0.2) is 30.0 Å². The Hall–Kier alpha value is -2.64. The third kappa shape index (κ3) is 5.09. The average Bonchev–Trinajstić information content (AvgIpc) is 2.45. The molecule has 0 aliphatic rings. The standard InChI is InChI=1S/C13H17N3O5/c1-2-3-6-15-12(17)8-21-13(18)9-4-5-10(14)11(7-9)16(19)20/h4-5,7H,2-3,6,8,14H2,1H3,(H,15,17). The normalized spacial score (nSPS) is 9.95. The lowest BCUT2D eigenvalue weighted by atomic mass is 10.2. The van der Waals surface area contributed by atoms with Crippen LogP contribution in [0.15, 0.2) is 18.2 Å². The predicted molar refractivity (Wildman–Crippen MR) is 75.7 cm³/mol. The minimum absolute atomic E-state index is 0.0303. The number of hydrogen-bond donors (Lipinski definition) is 2. The molecule has 0 aliphatic heterocycles. The summed E-state index contributed by atoms with van der Waals surface area (Å²) >= 11 is 0. The van der Waals surface area contributed by atoms with Crippen LogP contribution in [0, 0.1) is 10.1 Å². The quantitative estimate of drug-likeness (QED) is 0.256. The number of hydrogen-bond acceptors (Lipinski definition) is 6. The molecular weight excluding hydrogens is 278 g/mol. The molecule has 0 saturated heterocycles. The summed E-state index contributed by atoms with van der Waals surface area (Å²) in [5.74, 6) is -1.23. The summed E-state index contributed by atoms with van der Waals surface area (Å²) in [5.41, 5.74) is 4.97. The molecule has 0 aliphatic carbocycles. The van der Waals surface area contributed by atoms with E-state index in [1.54, 1.807) is 0 Å². The lowest BCUT2D eigenvalue weighted by Crippen LogP contribution is -2.29. The third-order valence-corrected chi connectivity index (χ3v) is 2.65. The highest BCUT2D eigenvalue weighted by molar-refractivity contribution is 5.92. The molecule has 3 N–H and O–H groups in total. The molecule has 0 bridgehead atoms. The number of carbonyl (C=O) groups excluding carboxylic acids is 2. The van der Waals surface area contributed by atoms with Gasteiger partial charge in [-0.3, -0.25) is 14.9 Å². The molecule has 0 radical (unpaired) electrons. The fourth-order valence-electron chi connectivity index (χ4n) is 1.50. The van der Waals surface area contributed by atoms with E-state index in [4.69, 9.17) is 10.5 Å². The van der Waals surface area contributed by atoms with Gasteiger partial charge in [0.25, 0.3) is 11.6 Å². The molecule has 0 unspecified atom stereocenters. The SMILES string of the molecule is CCCCNC(=O)COC(=O)c1ccc(N)c([N+](=O)[O-])c1. The number of nitrogens with one attached hydrogen (secondary N) is 1. The Morgan fingerprint density at radius 1 is 1.43 bits per heavy atom. The summed E-state index contributed by atoms with van der Waals surface area (Å²) in [6.45, 7) is 2.07. The fourth-order valence-corrected chi connectivity index (χ4v) is 1.50. The van der Waals surface area contributed by atoms with Gasteiger partial charge in [0.15, 0.2) is 6.61 Å². The van der Waals surface area contributed by atoms with Crippen LogP contribution in [-0.2, 0) is 9.53 Å². The van der Waals surface area contributed by atoms with Gasteiger partial charge in [-0.1, -0.05) is 13.3 Å². The van der Waals surface area contributed by atoms with E-state index in [1.807, 2.05) is 6.92 Å². The number of ether oxygens (including phenoxy) is 1. The summed E-state index contributed by atoms with van der Waals surface area (Å²) in [7, 11) is 0. The molecule has 0 spiro atoms. The van der Waals surface area contributed by atoms with Crippen molar-refractivity contribution in [1.29, 1.82) is 0 Å². The number of benzene rings is 1. The summed E-state index contributed by atoms with van der Waals surface area (Å²) < 4.78 is 4.78. The predicted octanol–water partition coefficient (Wildman–Crippen LogP) is 1.25. The molecule has 0 heterocycles. The van der Waals surface area contributed by atoms with Crippen molar-refractivity contribution >= 4 is 23.3 Å². The molecule has 8 heteroatoms. The van der Waals surface area contributed by atoms with Crippen molar-refractivity contribution in [3.63, 3.8) is 0 Å². The molecule has 1 amide bonds. The first kappa shape index (κ1) is 16.4. The Morgan fingerprint density at radius 3 is 2.76 bits per heavy atom. The number of esters is 1. The van der Waals surface area contributed by atoms with Gasteiger partial charge in [-0.25, -0.2) is 4.79 Å². The number of rotatable bonds is 7. The van der Waals surface area contributed by atoms with Crippen LogP contribution < -0.4 is 11.1 Å². The van der Waals surface area contributed by atoms with Crippen molar-refractivity contribution in [3.8, 4) is 0 Å². The van der Waals surface area contributed by atoms with Crippen LogP contribution in [0.4, 0.5) is 11.4 Å². The number of anilines is 1. The zero-order valence-electron chi connectivity index (χ0n) is 11.6. The highest BCUT2D eigenvalue weighted by Gasteiger charge is 2.17. The van der Waals surface area contributed by atoms with E-state index in [0.717, 1.165) is 18.9 Å². The summed E-state index contributed by atoms with van der Waals surface area (Å²) in [4.78, 5) is 33.1. The van der Waals surface area contributed by atoms with Crippen molar-refractivity contribution in [1.82, 2.24) is 5.32 Å². The minimum Gasteiger partial charge on any atom is -0.452 e. The number of amides is 1. The van der Waals surface area contributed by atoms with Crippen LogP contribution >= 0.6 is 0 Å². The Balaban J connectivity index is 2.58. The number of unbranched alkanes of at least 4 members (excludes halogenated alkanes) is 1. The molecule has 1 aromatic rings. The number of nitro groups is 1. The van der Waals surface area contributed by atoms with Crippen molar-refractivity contribution in [2.75, 3.05) is 18.9 Å². The number of nitrogen functional groups attached to an aromatic ring is 1. The lowest BCUT2D eigenvalue weighted by molar-refractivity contribution is -0.383. The molecule has 1 rings (SSSR count). The molecule has 0 saturated carbocycles. The molecule has 1 aromatic carbocycles. The van der Waals surface area contributed by atoms with E-state index in [9.17, 15) is 19.7 Å². The smallest absolute Gasteiger partial charge is 0.338 e. The Bertz CT molecular complexity index is 545. The molecule has 114 valence electrons. The lowest BCUT2D eigenvalue weighted by Gasteiger charge is -2.06. The van der Waals surface area contributed by atoms with Gasteiger partial charge in [-0.2, -0.15) is 0 Å². The monoisotopic (exact) mass is 295 g/mol. The van der Waals surface area contributed by atoms with Crippen LogP contribution in [0.25, 0.3) is 0 Å². The maximum Gasteiger partial charge on any atom is 0.338 e. The number of carbonyl (C=O) groups is 2. The number of nitro benzene ring substituents is 1. The van der Waals surface area contributed by atoms with E-state index in [0.29, 0.717) is 6.54 Å². The first-order valence-corrected chi connectivity index (χ1v) is 6.43. The van der Waals surface area contributed by atoms with Crippen molar-refractivity contribution in [2.24, 2.45) is 0 Å². The highest BCUT2D eigenvalue weighted by atomic mass is 16.6. The molecule has 21 heavy (non-hydrogen) atoms. The van der Waals surface area contributed by atoms with Crippen LogP contribution in [0.2, 0.25) is 0 Å². The van der Waals surface area contributed by atoms with Gasteiger partial charge < -0.3 is 15.8 Å². The molecule has 0 atom stereocenters. The van der Waals surface area contributed by atoms with E-state index < -0.39 is 23.4 Å². The number of nitrogens with two attached hydrogens (primary N) is 1. The van der Waals surface area contributed by atoms with E-state index in [-0.39, 0.29) is 16.9 Å². The van der Waals surface area contributed by atoms with Gasteiger partial charge in [-0.05, 0) is 18.6 Å². The first-order valence-electron chi connectivity index (χ1n) is 6.43. The summed E-state index contributed by atoms with van der Waals surface area (Å²) in [5, 5.41) is 13.3. The maximum absolute atomic E-state index is 11.7. The molecule has 0 aromatic heterocycles. The van der Waals surface area contributed by atoms with E-state index >= 15 is 0 Å². The zero-order valence-corrected chi connectivity index (χ0v) is 11.6. The third-order valence-electron chi connectivity index (χ3n) is 2.65. The van der Waals surface area contributed by atoms with Gasteiger partial charge in [0, 0.05) is 12.6 Å². The molecular formula is C13H17N3O5. The van der Waals surface area contributed by atoms with Crippen LogP contribution in [0.5, 0.6) is 0 Å². The first-order chi connectivity index (χ1) is 9.95. The maximum atomic E-state index is 11.7. The molecule has 8 nitrogen and oxygen atoms in total. The molecule has 0 fully saturated rings. The van der Waals surface area contributed by atoms with Gasteiger partial charge >= 0.3 is 5.97 Å². The second-order valence-electron chi connectivity index (χ2n) is 4.31. The second kappa shape index (κ2) is 7.83. The van der Waals surface area contributed by atoms with Gasteiger partial charge in [0.1, 0.15) is 5.69 Å². The van der Waals surface area contributed by atoms with Crippen LogP contribution in [0.3, 0.4) is 0 Å². The zero-order chi connectivity index (χ0) is 15.8. The Morgan fingerprint density at radius 2 is 2.14 bits per heavy atom. The Kier molecular flexibility index (Phi) is 6.12. The largest absolute Gasteiger partial charge is 0.452 e. The Labute approximate surface area is 121 Å². The summed E-state index contributed by atoms with van der Waals surface area (Å²) in [6.07, 6.45) is 1.78. The van der Waals surface area contributed by atoms with E-state index in [1.165, 1.54) is 12.1 Å². The second-order valence-corrected chi connectivity index (χ2v) is 4.31. The minimum atomic E-state index is -0.816. The van der Waals surface area contributed by atoms with Crippen molar-refractivity contribution in [2.45, 2.75) is 19.8 Å². The van der Waals surface area contributed by atoms with Gasteiger partial charge in [0.05, 0.1) is 10.5 Å². The topological polar surface area (TPSA) is 125 Å². The van der Waals surface area contributed by atoms with E-state index in [2.05, 4.69) is 5.32 Å². The average molecular weight is 295 g/mol. The highest BCUT2D eigenvalue weighted by Crippen LogP contribution is 2.22. The fraction of sp³-hybridized carbons (Fsp3) is 0.385. The van der Waals surface area contributed by atoms with Crippen molar-refractivity contribution in [3.05, 3.63) is 33.9 Å².